The summed E-state index contributed by atoms with van der Waals surface area (Å²) < 4.78 is 5.62. The van der Waals surface area contributed by atoms with Crippen molar-refractivity contribution in [2.45, 2.75) is 51.2 Å². The molecule has 0 bridgehead atoms. The summed E-state index contributed by atoms with van der Waals surface area (Å²) >= 11 is 5.16. The molecule has 0 atom stereocenters. The molecule has 3 N–H and O–H groups in total. The highest BCUT2D eigenvalue weighted by Crippen LogP contribution is 2.30. The Bertz CT molecular complexity index is 537. The monoisotopic (exact) mass is 306 g/mol. The van der Waals surface area contributed by atoms with Crippen molar-refractivity contribution in [2.75, 3.05) is 0 Å². The first-order valence-electron chi connectivity index (χ1n) is 7.32. The minimum Gasteiger partial charge on any atom is -0.491 e. The van der Waals surface area contributed by atoms with Crippen LogP contribution in [0.5, 0.6) is 5.75 Å². The van der Waals surface area contributed by atoms with Crippen LogP contribution in [-0.2, 0) is 0 Å². The summed E-state index contributed by atoms with van der Waals surface area (Å²) in [6.07, 6.45) is 3.77. The van der Waals surface area contributed by atoms with Crippen LogP contribution in [0.1, 0.15) is 49.9 Å². The minimum absolute atomic E-state index is 0.0705. The standard InChI is InChI=1S/C16H22N2O2S/c1-11(2)20-13-7-5-6-12(10-13)14(19)18-16(15(17)21)8-3-4-9-16/h5-7,10-11H,3-4,8-9H2,1-2H3,(H2,17,21)(H,18,19). The third-order valence-corrected chi connectivity index (χ3v) is 4.14. The van der Waals surface area contributed by atoms with E-state index in [0.717, 1.165) is 25.7 Å². The van der Waals surface area contributed by atoms with Crippen molar-refractivity contribution >= 4 is 23.1 Å². The zero-order valence-corrected chi connectivity index (χ0v) is 13.3. The number of hydrogen-bond acceptors (Lipinski definition) is 3. The Hall–Kier alpha value is -1.62. The van der Waals surface area contributed by atoms with Crippen LogP contribution in [-0.4, -0.2) is 22.5 Å². The molecule has 0 unspecified atom stereocenters. The van der Waals surface area contributed by atoms with Crippen LogP contribution in [0.25, 0.3) is 0 Å². The van der Waals surface area contributed by atoms with Crippen LogP contribution in [0, 0.1) is 0 Å². The molecular formula is C16H22N2O2S. The predicted octanol–water partition coefficient (Wildman–Crippen LogP) is 2.80. The number of amides is 1. The highest BCUT2D eigenvalue weighted by Gasteiger charge is 2.38. The van der Waals surface area contributed by atoms with Gasteiger partial charge in [-0.05, 0) is 44.9 Å². The molecule has 1 aromatic carbocycles. The fourth-order valence-corrected chi connectivity index (χ4v) is 2.94. The van der Waals surface area contributed by atoms with E-state index < -0.39 is 5.54 Å². The van der Waals surface area contributed by atoms with Crippen LogP contribution >= 0.6 is 12.2 Å². The van der Waals surface area contributed by atoms with Crippen LogP contribution in [0.3, 0.4) is 0 Å². The van der Waals surface area contributed by atoms with E-state index in [2.05, 4.69) is 5.32 Å². The maximum absolute atomic E-state index is 12.5. The molecule has 0 aliphatic heterocycles. The second kappa shape index (κ2) is 6.43. The van der Waals surface area contributed by atoms with E-state index in [0.29, 0.717) is 16.3 Å². The van der Waals surface area contributed by atoms with Gasteiger partial charge in [0, 0.05) is 5.56 Å². The van der Waals surface area contributed by atoms with Gasteiger partial charge in [-0.25, -0.2) is 0 Å². The van der Waals surface area contributed by atoms with Crippen LogP contribution in [0.4, 0.5) is 0 Å². The van der Waals surface area contributed by atoms with Gasteiger partial charge in [-0.15, -0.1) is 0 Å². The van der Waals surface area contributed by atoms with Crippen molar-refractivity contribution in [3.63, 3.8) is 0 Å². The van der Waals surface area contributed by atoms with E-state index >= 15 is 0 Å². The first kappa shape index (κ1) is 15.8. The molecule has 1 aliphatic rings. The molecule has 0 heterocycles. The highest BCUT2D eigenvalue weighted by atomic mass is 32.1. The number of hydrogen-bond donors (Lipinski definition) is 2. The molecule has 1 aromatic rings. The maximum Gasteiger partial charge on any atom is 0.252 e. The first-order chi connectivity index (χ1) is 9.93. The second-order valence-electron chi connectivity index (χ2n) is 5.80. The Morgan fingerprint density at radius 1 is 1.38 bits per heavy atom. The van der Waals surface area contributed by atoms with Crippen molar-refractivity contribution in [1.82, 2.24) is 5.32 Å². The number of carbonyl (C=O) groups is 1. The molecule has 114 valence electrons. The predicted molar refractivity (Wildman–Crippen MR) is 87.7 cm³/mol. The molecule has 1 amide bonds. The maximum atomic E-state index is 12.5. The van der Waals surface area contributed by atoms with Crippen molar-refractivity contribution in [3.8, 4) is 5.75 Å². The topological polar surface area (TPSA) is 64.3 Å². The van der Waals surface area contributed by atoms with Crippen LogP contribution < -0.4 is 15.8 Å². The molecule has 0 spiro atoms. The fraction of sp³-hybridized carbons (Fsp3) is 0.500. The normalized spacial score (nSPS) is 16.7. The quantitative estimate of drug-likeness (QED) is 0.821. The minimum atomic E-state index is -0.526. The van der Waals surface area contributed by atoms with E-state index in [-0.39, 0.29) is 12.0 Å². The summed E-state index contributed by atoms with van der Waals surface area (Å²) in [5, 5.41) is 3.03. The number of ether oxygens (including phenoxy) is 1. The number of thiocarbonyl (C=S) groups is 1. The van der Waals surface area contributed by atoms with Gasteiger partial charge in [0.2, 0.25) is 0 Å². The van der Waals surface area contributed by atoms with E-state index in [4.69, 9.17) is 22.7 Å². The van der Waals surface area contributed by atoms with Crippen molar-refractivity contribution in [3.05, 3.63) is 29.8 Å². The van der Waals surface area contributed by atoms with Gasteiger partial charge >= 0.3 is 0 Å². The number of nitrogens with two attached hydrogens (primary N) is 1. The third-order valence-electron chi connectivity index (χ3n) is 3.75. The lowest BCUT2D eigenvalue weighted by Gasteiger charge is -2.29. The molecule has 1 saturated carbocycles. The molecule has 21 heavy (non-hydrogen) atoms. The van der Waals surface area contributed by atoms with Gasteiger partial charge in [0.1, 0.15) is 5.75 Å². The van der Waals surface area contributed by atoms with Crippen molar-refractivity contribution in [2.24, 2.45) is 5.73 Å². The number of carbonyl (C=O) groups excluding carboxylic acids is 1. The molecular weight excluding hydrogens is 284 g/mol. The molecule has 2 rings (SSSR count). The smallest absolute Gasteiger partial charge is 0.252 e. The Labute approximate surface area is 131 Å². The highest BCUT2D eigenvalue weighted by molar-refractivity contribution is 7.80. The van der Waals surface area contributed by atoms with Gasteiger partial charge in [0.15, 0.2) is 0 Å². The third kappa shape index (κ3) is 3.73. The molecule has 0 aromatic heterocycles. The van der Waals surface area contributed by atoms with E-state index in [9.17, 15) is 4.79 Å². The van der Waals surface area contributed by atoms with Crippen LogP contribution in [0.2, 0.25) is 0 Å². The summed E-state index contributed by atoms with van der Waals surface area (Å²) in [4.78, 5) is 12.8. The lowest BCUT2D eigenvalue weighted by Crippen LogP contribution is -2.54. The van der Waals surface area contributed by atoms with Gasteiger partial charge in [-0.2, -0.15) is 0 Å². The molecule has 5 heteroatoms. The first-order valence-corrected chi connectivity index (χ1v) is 7.73. The van der Waals surface area contributed by atoms with Gasteiger partial charge in [0.05, 0.1) is 16.6 Å². The molecule has 0 radical (unpaired) electrons. The molecule has 1 fully saturated rings. The zero-order chi connectivity index (χ0) is 15.5. The number of benzene rings is 1. The summed E-state index contributed by atoms with van der Waals surface area (Å²) in [7, 11) is 0. The molecule has 4 nitrogen and oxygen atoms in total. The SMILES string of the molecule is CC(C)Oc1cccc(C(=O)NC2(C(N)=S)CCCC2)c1. The number of rotatable bonds is 5. The lowest BCUT2D eigenvalue weighted by atomic mass is 9.97. The largest absolute Gasteiger partial charge is 0.491 e. The van der Waals surface area contributed by atoms with Gasteiger partial charge in [0.25, 0.3) is 5.91 Å². The summed E-state index contributed by atoms with van der Waals surface area (Å²) in [5.74, 6) is 0.535. The Morgan fingerprint density at radius 3 is 2.62 bits per heavy atom. The van der Waals surface area contributed by atoms with Gasteiger partial charge in [-0.3, -0.25) is 4.79 Å². The molecule has 1 aliphatic carbocycles. The van der Waals surface area contributed by atoms with Crippen LogP contribution in [0.15, 0.2) is 24.3 Å². The fourth-order valence-electron chi connectivity index (χ4n) is 2.68. The lowest BCUT2D eigenvalue weighted by molar-refractivity contribution is 0.0923. The average molecular weight is 306 g/mol. The summed E-state index contributed by atoms with van der Waals surface area (Å²) in [6.45, 7) is 3.90. The van der Waals surface area contributed by atoms with E-state index in [1.807, 2.05) is 26.0 Å². The summed E-state index contributed by atoms with van der Waals surface area (Å²) in [6, 6.07) is 7.17. The Balaban J connectivity index is 2.14. The van der Waals surface area contributed by atoms with Gasteiger partial charge < -0.3 is 15.8 Å². The van der Waals surface area contributed by atoms with Crippen molar-refractivity contribution < 1.29 is 9.53 Å². The zero-order valence-electron chi connectivity index (χ0n) is 12.5. The van der Waals surface area contributed by atoms with Crippen molar-refractivity contribution in [1.29, 1.82) is 0 Å². The van der Waals surface area contributed by atoms with Gasteiger partial charge in [-0.1, -0.05) is 31.1 Å². The number of nitrogens with one attached hydrogen (secondary N) is 1. The summed E-state index contributed by atoms with van der Waals surface area (Å²) in [5.41, 5.74) is 5.89. The second-order valence-corrected chi connectivity index (χ2v) is 6.24. The average Bonchev–Trinajstić information content (AvgIpc) is 2.88. The molecule has 0 saturated heterocycles. The van der Waals surface area contributed by atoms with E-state index in [1.54, 1.807) is 12.1 Å². The van der Waals surface area contributed by atoms with E-state index in [1.165, 1.54) is 0 Å². The Kier molecular flexibility index (Phi) is 4.83. The Morgan fingerprint density at radius 2 is 2.05 bits per heavy atom.